The van der Waals surface area contributed by atoms with E-state index in [1.165, 1.54) is 13.0 Å². The third kappa shape index (κ3) is 6.20. The van der Waals surface area contributed by atoms with Gasteiger partial charge in [-0.1, -0.05) is 24.3 Å². The zero-order chi connectivity index (χ0) is 18.9. The van der Waals surface area contributed by atoms with Crippen molar-refractivity contribution in [3.63, 3.8) is 0 Å². The van der Waals surface area contributed by atoms with Gasteiger partial charge >= 0.3 is 0 Å². The molecule has 0 aromatic heterocycles. The first-order valence-corrected chi connectivity index (χ1v) is 8.50. The smallest absolute Gasteiger partial charge is 0.221 e. The third-order valence-electron chi connectivity index (χ3n) is 3.73. The summed E-state index contributed by atoms with van der Waals surface area (Å²) in [6.07, 6.45) is 0.767. The van der Waals surface area contributed by atoms with E-state index in [-0.39, 0.29) is 36.6 Å². The number of carbonyl (C=O) groups excluding carboxylic acids is 2. The fourth-order valence-electron chi connectivity index (χ4n) is 2.46. The molecular formula is C20H23FN2O3. The van der Waals surface area contributed by atoms with Crippen LogP contribution in [0, 0.1) is 5.82 Å². The molecule has 6 heteroatoms. The van der Waals surface area contributed by atoms with Crippen LogP contribution in [0.15, 0.2) is 48.5 Å². The van der Waals surface area contributed by atoms with E-state index in [0.29, 0.717) is 12.1 Å². The summed E-state index contributed by atoms with van der Waals surface area (Å²) in [5.41, 5.74) is 1.58. The van der Waals surface area contributed by atoms with Gasteiger partial charge in [0, 0.05) is 19.0 Å². The second-order valence-electron chi connectivity index (χ2n) is 5.98. The van der Waals surface area contributed by atoms with Crippen molar-refractivity contribution in [3.8, 4) is 5.75 Å². The van der Waals surface area contributed by atoms with E-state index in [1.807, 2.05) is 25.1 Å². The summed E-state index contributed by atoms with van der Waals surface area (Å²) in [7, 11) is 0. The lowest BCUT2D eigenvalue weighted by atomic mass is 10.1. The predicted octanol–water partition coefficient (Wildman–Crippen LogP) is 3.82. The summed E-state index contributed by atoms with van der Waals surface area (Å²) in [4.78, 5) is 23.2. The van der Waals surface area contributed by atoms with Crippen LogP contribution in [0.5, 0.6) is 5.75 Å². The molecule has 2 rings (SSSR count). The maximum Gasteiger partial charge on any atom is 0.221 e. The van der Waals surface area contributed by atoms with Gasteiger partial charge in [-0.15, -0.1) is 0 Å². The highest BCUT2D eigenvalue weighted by molar-refractivity contribution is 5.88. The Morgan fingerprint density at radius 2 is 1.92 bits per heavy atom. The number of hydrogen-bond acceptors (Lipinski definition) is 3. The lowest BCUT2D eigenvalue weighted by molar-refractivity contribution is -0.122. The lowest BCUT2D eigenvalue weighted by Crippen LogP contribution is -2.26. The van der Waals surface area contributed by atoms with Gasteiger partial charge in [-0.2, -0.15) is 0 Å². The van der Waals surface area contributed by atoms with Gasteiger partial charge in [0.05, 0.1) is 12.6 Å². The molecule has 0 aliphatic carbocycles. The van der Waals surface area contributed by atoms with Crippen molar-refractivity contribution in [2.24, 2.45) is 0 Å². The summed E-state index contributed by atoms with van der Waals surface area (Å²) in [5, 5.41) is 5.62. The van der Waals surface area contributed by atoms with E-state index in [4.69, 9.17) is 4.74 Å². The van der Waals surface area contributed by atoms with Crippen molar-refractivity contribution in [2.75, 3.05) is 11.9 Å². The zero-order valence-corrected chi connectivity index (χ0v) is 14.9. The third-order valence-corrected chi connectivity index (χ3v) is 3.73. The molecule has 0 fully saturated rings. The number of ether oxygens (including phenoxy) is 1. The van der Waals surface area contributed by atoms with Crippen LogP contribution in [0.3, 0.4) is 0 Å². The van der Waals surface area contributed by atoms with Crippen LogP contribution in [-0.2, 0) is 9.59 Å². The number of amides is 2. The number of rotatable bonds is 8. The zero-order valence-electron chi connectivity index (χ0n) is 14.9. The van der Waals surface area contributed by atoms with Crippen molar-refractivity contribution in [1.29, 1.82) is 0 Å². The van der Waals surface area contributed by atoms with Gasteiger partial charge < -0.3 is 15.4 Å². The van der Waals surface area contributed by atoms with Crippen LogP contribution in [0.1, 0.15) is 38.3 Å². The Morgan fingerprint density at radius 3 is 2.65 bits per heavy atom. The number of anilines is 1. The molecule has 2 aromatic carbocycles. The first-order chi connectivity index (χ1) is 12.5. The number of para-hydroxylation sites is 1. The molecule has 0 heterocycles. The standard InChI is InChI=1S/C20H23FN2O3/c1-14(16-7-5-8-17(13-16)23-15(2)24)22-20(25)11-6-12-26-19-10-4-3-9-18(19)21/h3-5,7-10,13-14H,6,11-12H2,1-2H3,(H,22,25)(H,23,24)/t14-/m0/s1. The van der Waals surface area contributed by atoms with Crippen molar-refractivity contribution < 1.29 is 18.7 Å². The van der Waals surface area contributed by atoms with Crippen molar-refractivity contribution in [2.45, 2.75) is 32.7 Å². The molecule has 0 aliphatic rings. The maximum absolute atomic E-state index is 13.4. The normalized spacial score (nSPS) is 11.5. The first-order valence-electron chi connectivity index (χ1n) is 8.50. The Balaban J connectivity index is 1.76. The molecule has 1 atom stereocenters. The number of carbonyl (C=O) groups is 2. The van der Waals surface area contributed by atoms with Gasteiger partial charge in [0.1, 0.15) is 0 Å². The molecule has 0 bridgehead atoms. The summed E-state index contributed by atoms with van der Waals surface area (Å²) in [6.45, 7) is 3.59. The lowest BCUT2D eigenvalue weighted by Gasteiger charge is -2.15. The highest BCUT2D eigenvalue weighted by atomic mass is 19.1. The van der Waals surface area contributed by atoms with Crippen molar-refractivity contribution >= 4 is 17.5 Å². The molecule has 0 aliphatic heterocycles. The monoisotopic (exact) mass is 358 g/mol. The van der Waals surface area contributed by atoms with E-state index in [9.17, 15) is 14.0 Å². The summed E-state index contributed by atoms with van der Waals surface area (Å²) >= 11 is 0. The Bertz CT molecular complexity index is 764. The maximum atomic E-state index is 13.4. The average Bonchev–Trinajstić information content (AvgIpc) is 2.59. The van der Waals surface area contributed by atoms with Crippen LogP contribution >= 0.6 is 0 Å². The van der Waals surface area contributed by atoms with E-state index >= 15 is 0 Å². The molecule has 2 aromatic rings. The second-order valence-corrected chi connectivity index (χ2v) is 5.98. The summed E-state index contributed by atoms with van der Waals surface area (Å²) in [6, 6.07) is 13.3. The fourth-order valence-corrected chi connectivity index (χ4v) is 2.46. The van der Waals surface area contributed by atoms with Crippen LogP contribution in [-0.4, -0.2) is 18.4 Å². The molecule has 0 radical (unpaired) electrons. The van der Waals surface area contributed by atoms with E-state index in [1.54, 1.807) is 24.3 Å². The number of halogens is 1. The molecule has 2 N–H and O–H groups in total. The SMILES string of the molecule is CC(=O)Nc1cccc([C@H](C)NC(=O)CCCOc2ccccc2F)c1. The quantitative estimate of drug-likeness (QED) is 0.705. The van der Waals surface area contributed by atoms with E-state index in [2.05, 4.69) is 10.6 Å². The minimum Gasteiger partial charge on any atom is -0.491 e. The Kier molecular flexibility index (Phi) is 7.14. The molecule has 5 nitrogen and oxygen atoms in total. The van der Waals surface area contributed by atoms with Crippen LogP contribution in [0.4, 0.5) is 10.1 Å². The summed E-state index contributed by atoms with van der Waals surface area (Å²) in [5.74, 6) is -0.478. The highest BCUT2D eigenvalue weighted by Crippen LogP contribution is 2.18. The molecular weight excluding hydrogens is 335 g/mol. The topological polar surface area (TPSA) is 67.4 Å². The van der Waals surface area contributed by atoms with Gasteiger partial charge in [0.2, 0.25) is 11.8 Å². The van der Waals surface area contributed by atoms with Crippen LogP contribution in [0.25, 0.3) is 0 Å². The van der Waals surface area contributed by atoms with Gasteiger partial charge in [-0.3, -0.25) is 9.59 Å². The Labute approximate surface area is 152 Å². The average molecular weight is 358 g/mol. The minimum atomic E-state index is -0.412. The van der Waals surface area contributed by atoms with Gasteiger partial charge in [0.25, 0.3) is 0 Å². The number of nitrogens with one attached hydrogen (secondary N) is 2. The van der Waals surface area contributed by atoms with E-state index < -0.39 is 5.82 Å². The Hall–Kier alpha value is -2.89. The van der Waals surface area contributed by atoms with Gasteiger partial charge in [-0.25, -0.2) is 4.39 Å². The molecule has 2 amide bonds. The molecule has 26 heavy (non-hydrogen) atoms. The van der Waals surface area contributed by atoms with Gasteiger partial charge in [0.15, 0.2) is 11.6 Å². The largest absolute Gasteiger partial charge is 0.491 e. The molecule has 0 saturated heterocycles. The molecule has 138 valence electrons. The van der Waals surface area contributed by atoms with Gasteiger partial charge in [-0.05, 0) is 43.2 Å². The first kappa shape index (κ1) is 19.4. The summed E-state index contributed by atoms with van der Waals surface area (Å²) < 4.78 is 18.8. The Morgan fingerprint density at radius 1 is 1.15 bits per heavy atom. The fraction of sp³-hybridized carbons (Fsp3) is 0.300. The molecule has 0 saturated carbocycles. The van der Waals surface area contributed by atoms with Crippen LogP contribution < -0.4 is 15.4 Å². The number of hydrogen-bond donors (Lipinski definition) is 2. The van der Waals surface area contributed by atoms with Crippen molar-refractivity contribution in [3.05, 3.63) is 59.9 Å². The highest BCUT2D eigenvalue weighted by Gasteiger charge is 2.10. The minimum absolute atomic E-state index is 0.112. The predicted molar refractivity (Wildman–Crippen MR) is 98.4 cm³/mol. The van der Waals surface area contributed by atoms with Crippen molar-refractivity contribution in [1.82, 2.24) is 5.32 Å². The molecule has 0 spiro atoms. The number of benzene rings is 2. The second kappa shape index (κ2) is 9.56. The van der Waals surface area contributed by atoms with E-state index in [0.717, 1.165) is 5.56 Å². The van der Waals surface area contributed by atoms with Crippen LogP contribution in [0.2, 0.25) is 0 Å². The molecule has 0 unspecified atom stereocenters.